The highest BCUT2D eigenvalue weighted by Gasteiger charge is 2.33. The number of nitro benzene ring substituents is 1. The third-order valence-corrected chi connectivity index (χ3v) is 4.64. The lowest BCUT2D eigenvalue weighted by Gasteiger charge is -2.22. The number of hydrogen-bond acceptors (Lipinski definition) is 6. The molecule has 2 N–H and O–H groups in total. The van der Waals surface area contributed by atoms with Gasteiger partial charge in [0, 0.05) is 12.1 Å². The summed E-state index contributed by atoms with van der Waals surface area (Å²) >= 11 is 0. The van der Waals surface area contributed by atoms with Crippen LogP contribution in [-0.4, -0.2) is 22.0 Å². The second-order valence-corrected chi connectivity index (χ2v) is 6.69. The van der Waals surface area contributed by atoms with Gasteiger partial charge >= 0.3 is 13.7 Å². The normalized spacial score (nSPS) is 14.1. The highest BCUT2D eigenvalue weighted by atomic mass is 31.2. The van der Waals surface area contributed by atoms with Gasteiger partial charge in [0.05, 0.1) is 4.92 Å². The molecule has 138 valence electrons. The Morgan fingerprint density at radius 1 is 1.15 bits per heavy atom. The third-order valence-electron chi connectivity index (χ3n) is 3.03. The number of hydrogen-bond donors (Lipinski definition) is 2. The highest BCUT2D eigenvalue weighted by Crippen LogP contribution is 2.45. The number of non-ortho nitro benzene ring substituents is 1. The van der Waals surface area contributed by atoms with Gasteiger partial charge in [-0.05, 0) is 43.3 Å². The molecule has 2 aromatic carbocycles. The molecule has 2 rings (SSSR count). The summed E-state index contributed by atoms with van der Waals surface area (Å²) in [5, 5.41) is 21.9. The van der Waals surface area contributed by atoms with Crippen LogP contribution in [0.4, 0.5) is 10.1 Å². The van der Waals surface area contributed by atoms with Crippen LogP contribution < -0.4 is 14.1 Å². The largest absolute Gasteiger partial charge is 0.513 e. The number of rotatable bonds is 8. The number of nitrogens with one attached hydrogen (secondary N) is 1. The number of carbonyl (C=O) groups is 1. The summed E-state index contributed by atoms with van der Waals surface area (Å²) in [7, 11) is -4.25. The van der Waals surface area contributed by atoms with Crippen molar-refractivity contribution in [2.24, 2.45) is 0 Å². The molecule has 2 atom stereocenters. The number of carboxylic acids is 1. The lowest BCUT2D eigenvalue weighted by Crippen LogP contribution is -2.34. The molecule has 0 bridgehead atoms. The minimum absolute atomic E-state index is 0.0262. The van der Waals surface area contributed by atoms with E-state index in [9.17, 15) is 23.9 Å². The summed E-state index contributed by atoms with van der Waals surface area (Å²) in [6.07, 6.45) is 0. The van der Waals surface area contributed by atoms with Crippen molar-refractivity contribution in [3.63, 3.8) is 0 Å². The number of aliphatic carboxylic acids is 1. The molecule has 0 saturated heterocycles. The predicted molar refractivity (Wildman–Crippen MR) is 88.6 cm³/mol. The Morgan fingerprint density at radius 2 is 1.62 bits per heavy atom. The molecule has 2 aromatic rings. The molecule has 0 saturated carbocycles. The van der Waals surface area contributed by atoms with E-state index in [4.69, 9.17) is 14.2 Å². The maximum absolute atomic E-state index is 13.0. The van der Waals surface area contributed by atoms with Crippen molar-refractivity contribution >= 4 is 19.4 Å². The van der Waals surface area contributed by atoms with Crippen LogP contribution in [0.3, 0.4) is 0 Å². The van der Waals surface area contributed by atoms with E-state index in [0.29, 0.717) is 0 Å². The van der Waals surface area contributed by atoms with Crippen LogP contribution in [0.15, 0.2) is 48.5 Å². The lowest BCUT2D eigenvalue weighted by molar-refractivity contribution is -0.384. The maximum atomic E-state index is 13.0. The van der Waals surface area contributed by atoms with Gasteiger partial charge in [-0.2, -0.15) is 5.09 Å². The minimum Gasteiger partial charge on any atom is -0.480 e. The van der Waals surface area contributed by atoms with Gasteiger partial charge in [-0.25, -0.2) is 8.96 Å². The molecule has 9 nitrogen and oxygen atoms in total. The number of benzene rings is 2. The van der Waals surface area contributed by atoms with E-state index in [0.717, 1.165) is 24.3 Å². The summed E-state index contributed by atoms with van der Waals surface area (Å²) in [4.78, 5) is 21.1. The molecule has 0 spiro atoms. The zero-order valence-electron chi connectivity index (χ0n) is 13.4. The van der Waals surface area contributed by atoms with Gasteiger partial charge in [0.2, 0.25) is 0 Å². The summed E-state index contributed by atoms with van der Waals surface area (Å²) in [6.45, 7) is 1.22. The number of carboxylic acid groups (broad SMARTS) is 1. The molecule has 0 radical (unpaired) electrons. The molecular weight excluding hydrogens is 370 g/mol. The fraction of sp³-hybridized carbons (Fsp3) is 0.133. The van der Waals surface area contributed by atoms with Crippen LogP contribution in [0.5, 0.6) is 11.5 Å². The minimum atomic E-state index is -4.25. The third kappa shape index (κ3) is 5.27. The molecule has 0 aliphatic carbocycles. The van der Waals surface area contributed by atoms with E-state index in [1.165, 1.54) is 31.2 Å². The van der Waals surface area contributed by atoms with E-state index in [2.05, 4.69) is 5.09 Å². The van der Waals surface area contributed by atoms with Gasteiger partial charge in [-0.3, -0.25) is 14.9 Å². The fourth-order valence-electron chi connectivity index (χ4n) is 1.77. The number of nitro groups is 1. The molecular formula is C15H14FN2O7P. The molecule has 0 aromatic heterocycles. The Hall–Kier alpha value is -2.97. The van der Waals surface area contributed by atoms with E-state index in [-0.39, 0.29) is 17.2 Å². The van der Waals surface area contributed by atoms with Crippen LogP contribution in [-0.2, 0) is 9.36 Å². The molecule has 11 heteroatoms. The number of halogens is 1. The Morgan fingerprint density at radius 3 is 2.04 bits per heavy atom. The van der Waals surface area contributed by atoms with Crippen LogP contribution in [0.2, 0.25) is 0 Å². The lowest BCUT2D eigenvalue weighted by atomic mass is 10.3. The van der Waals surface area contributed by atoms with Crippen molar-refractivity contribution in [2.75, 3.05) is 0 Å². The van der Waals surface area contributed by atoms with Crippen molar-refractivity contribution in [3.8, 4) is 11.5 Å². The van der Waals surface area contributed by atoms with Gasteiger partial charge in [-0.1, -0.05) is 0 Å². The number of nitrogens with zero attached hydrogens (tertiary/aromatic N) is 1. The zero-order valence-corrected chi connectivity index (χ0v) is 14.3. The van der Waals surface area contributed by atoms with Crippen LogP contribution >= 0.6 is 7.75 Å². The van der Waals surface area contributed by atoms with Crippen molar-refractivity contribution in [3.05, 3.63) is 64.5 Å². The van der Waals surface area contributed by atoms with Crippen LogP contribution in [0.25, 0.3) is 0 Å². The van der Waals surface area contributed by atoms with Gasteiger partial charge in [0.15, 0.2) is 0 Å². The molecule has 2 unspecified atom stereocenters. The van der Waals surface area contributed by atoms with Crippen molar-refractivity contribution in [1.29, 1.82) is 0 Å². The first kappa shape index (κ1) is 19.4. The average molecular weight is 384 g/mol. The van der Waals surface area contributed by atoms with E-state index >= 15 is 0 Å². The fourth-order valence-corrected chi connectivity index (χ4v) is 3.29. The van der Waals surface area contributed by atoms with E-state index in [1.807, 2.05) is 0 Å². The van der Waals surface area contributed by atoms with Gasteiger partial charge in [0.25, 0.3) is 5.69 Å². The smallest absolute Gasteiger partial charge is 0.480 e. The second kappa shape index (κ2) is 7.94. The molecule has 0 amide bonds. The van der Waals surface area contributed by atoms with Crippen LogP contribution in [0.1, 0.15) is 6.92 Å². The summed E-state index contributed by atoms with van der Waals surface area (Å²) < 4.78 is 36.4. The summed E-state index contributed by atoms with van der Waals surface area (Å²) in [5.41, 5.74) is -0.210. The standard InChI is InChI=1S/C15H14FN2O7P/c1-10(15(19)20)17-26(23,24-13-6-2-11(16)3-7-13)25-14-8-4-12(5-9-14)18(21)22/h2-10H,1H3,(H,17,23)(H,19,20). The summed E-state index contributed by atoms with van der Waals surface area (Å²) in [5.74, 6) is -1.93. The van der Waals surface area contributed by atoms with Crippen LogP contribution in [0, 0.1) is 15.9 Å². The van der Waals surface area contributed by atoms with E-state index < -0.39 is 30.5 Å². The molecule has 0 heterocycles. The Labute approximate surface area is 147 Å². The average Bonchev–Trinajstić information content (AvgIpc) is 2.57. The first-order valence-corrected chi connectivity index (χ1v) is 8.73. The first-order chi connectivity index (χ1) is 12.2. The molecule has 0 aliphatic heterocycles. The zero-order chi connectivity index (χ0) is 19.3. The van der Waals surface area contributed by atoms with Crippen molar-refractivity contribution in [1.82, 2.24) is 5.09 Å². The SMILES string of the molecule is CC(NP(=O)(Oc1ccc(F)cc1)Oc1ccc([N+](=O)[O-])cc1)C(=O)O. The highest BCUT2D eigenvalue weighted by molar-refractivity contribution is 7.52. The predicted octanol–water partition coefficient (Wildman–Crippen LogP) is 3.36. The first-order valence-electron chi connectivity index (χ1n) is 7.18. The Bertz CT molecular complexity index is 842. The molecule has 26 heavy (non-hydrogen) atoms. The van der Waals surface area contributed by atoms with Gasteiger partial charge in [0.1, 0.15) is 23.4 Å². The monoisotopic (exact) mass is 384 g/mol. The van der Waals surface area contributed by atoms with E-state index in [1.54, 1.807) is 0 Å². The molecule has 0 fully saturated rings. The topological polar surface area (TPSA) is 128 Å². The quantitative estimate of drug-likeness (QED) is 0.403. The van der Waals surface area contributed by atoms with Gasteiger partial charge in [-0.15, -0.1) is 0 Å². The van der Waals surface area contributed by atoms with Crippen molar-refractivity contribution in [2.45, 2.75) is 13.0 Å². The Balaban J connectivity index is 2.26. The van der Waals surface area contributed by atoms with Crippen molar-refractivity contribution < 1.29 is 32.8 Å². The second-order valence-electron chi connectivity index (χ2n) is 5.07. The summed E-state index contributed by atoms with van der Waals surface area (Å²) in [6, 6.07) is 7.83. The molecule has 0 aliphatic rings. The maximum Gasteiger partial charge on any atom is 0.513 e. The van der Waals surface area contributed by atoms with Gasteiger partial charge < -0.3 is 14.2 Å². The Kier molecular flexibility index (Phi) is 5.91.